The van der Waals surface area contributed by atoms with E-state index < -0.39 is 0 Å². The topological polar surface area (TPSA) is 24.5 Å². The van der Waals surface area contributed by atoms with Crippen molar-refractivity contribution in [2.75, 3.05) is 33.3 Å². The lowest BCUT2D eigenvalue weighted by atomic mass is 9.99. The molecule has 1 saturated heterocycles. The minimum atomic E-state index is -0.387. The Hall–Kier alpha value is -0.200. The summed E-state index contributed by atoms with van der Waals surface area (Å²) in [5.74, 6) is -0.387. The number of morpholine rings is 1. The van der Waals surface area contributed by atoms with Crippen LogP contribution in [-0.4, -0.2) is 44.3 Å². The maximum atomic E-state index is 14.4. The molecule has 0 amide bonds. The Bertz CT molecular complexity index is 487. The van der Waals surface area contributed by atoms with Gasteiger partial charge in [-0.2, -0.15) is 0 Å². The summed E-state index contributed by atoms with van der Waals surface area (Å²) in [4.78, 5) is 2.36. The SMILES string of the molecule is CCCN1CCOC(C(NC)c2ccc(Br)c(Cl)c2F)C1. The maximum absolute atomic E-state index is 14.4. The number of likely N-dealkylation sites (N-methyl/N-ethyl adjacent to an activating group) is 1. The quantitative estimate of drug-likeness (QED) is 0.791. The number of rotatable bonds is 5. The van der Waals surface area contributed by atoms with Crippen LogP contribution in [0.2, 0.25) is 5.02 Å². The van der Waals surface area contributed by atoms with Crippen LogP contribution in [0.3, 0.4) is 0 Å². The van der Waals surface area contributed by atoms with Crippen molar-refractivity contribution in [3.05, 3.63) is 33.0 Å². The zero-order valence-electron chi connectivity index (χ0n) is 12.3. The van der Waals surface area contributed by atoms with E-state index in [2.05, 4.69) is 33.1 Å². The molecule has 0 aliphatic carbocycles. The van der Waals surface area contributed by atoms with Crippen LogP contribution < -0.4 is 5.32 Å². The molecular formula is C15H21BrClFN2O. The summed E-state index contributed by atoms with van der Waals surface area (Å²) in [6.45, 7) is 5.61. The van der Waals surface area contributed by atoms with Crippen molar-refractivity contribution < 1.29 is 9.13 Å². The second kappa shape index (κ2) is 7.88. The minimum Gasteiger partial charge on any atom is -0.374 e. The first-order valence-corrected chi connectivity index (χ1v) is 8.40. The van der Waals surface area contributed by atoms with Gasteiger partial charge < -0.3 is 10.1 Å². The third-order valence-electron chi connectivity index (χ3n) is 3.80. The Morgan fingerprint density at radius 1 is 1.57 bits per heavy atom. The second-order valence-corrected chi connectivity index (χ2v) is 6.47. The van der Waals surface area contributed by atoms with Crippen molar-refractivity contribution in [1.82, 2.24) is 10.2 Å². The number of nitrogens with one attached hydrogen (secondary N) is 1. The van der Waals surface area contributed by atoms with Gasteiger partial charge in [-0.3, -0.25) is 4.90 Å². The standard InChI is InChI=1S/C15H21BrClFN2O/c1-3-6-20-7-8-21-12(9-20)15(19-2)10-4-5-11(16)13(17)14(10)18/h4-5,12,15,19H,3,6-9H2,1-2H3. The molecule has 1 N–H and O–H groups in total. The highest BCUT2D eigenvalue weighted by atomic mass is 79.9. The Morgan fingerprint density at radius 3 is 3.00 bits per heavy atom. The monoisotopic (exact) mass is 378 g/mol. The van der Waals surface area contributed by atoms with Gasteiger partial charge in [0.25, 0.3) is 0 Å². The highest BCUT2D eigenvalue weighted by Crippen LogP contribution is 2.32. The van der Waals surface area contributed by atoms with E-state index in [4.69, 9.17) is 16.3 Å². The van der Waals surface area contributed by atoms with Crippen molar-refractivity contribution in [3.63, 3.8) is 0 Å². The summed E-state index contributed by atoms with van der Waals surface area (Å²) in [5, 5.41) is 3.29. The summed E-state index contributed by atoms with van der Waals surface area (Å²) in [6, 6.07) is 3.32. The number of halogens is 3. The largest absolute Gasteiger partial charge is 0.374 e. The molecule has 1 fully saturated rings. The number of hydrogen-bond donors (Lipinski definition) is 1. The molecule has 3 nitrogen and oxygen atoms in total. The summed E-state index contributed by atoms with van der Waals surface area (Å²) < 4.78 is 20.9. The van der Waals surface area contributed by atoms with E-state index in [1.807, 2.05) is 7.05 Å². The van der Waals surface area contributed by atoms with Crippen LogP contribution in [0.15, 0.2) is 16.6 Å². The molecule has 1 aliphatic heterocycles. The first kappa shape index (κ1) is 17.2. The van der Waals surface area contributed by atoms with Crippen LogP contribution in [0.5, 0.6) is 0 Å². The lowest BCUT2D eigenvalue weighted by Gasteiger charge is -2.37. The molecule has 2 rings (SSSR count). The summed E-state index contributed by atoms with van der Waals surface area (Å²) in [7, 11) is 1.82. The van der Waals surface area contributed by atoms with E-state index in [1.165, 1.54) is 0 Å². The Kier molecular flexibility index (Phi) is 6.44. The zero-order valence-corrected chi connectivity index (χ0v) is 14.7. The van der Waals surface area contributed by atoms with Crippen molar-refractivity contribution in [2.45, 2.75) is 25.5 Å². The van der Waals surface area contributed by atoms with Crippen LogP contribution in [0, 0.1) is 5.82 Å². The van der Waals surface area contributed by atoms with E-state index in [-0.39, 0.29) is 23.0 Å². The van der Waals surface area contributed by atoms with Gasteiger partial charge in [0, 0.05) is 23.1 Å². The highest BCUT2D eigenvalue weighted by molar-refractivity contribution is 9.10. The van der Waals surface area contributed by atoms with Gasteiger partial charge in [-0.15, -0.1) is 0 Å². The van der Waals surface area contributed by atoms with Gasteiger partial charge in [-0.25, -0.2) is 4.39 Å². The molecule has 118 valence electrons. The summed E-state index contributed by atoms with van der Waals surface area (Å²) in [5.41, 5.74) is 0.550. The fourth-order valence-electron chi connectivity index (χ4n) is 2.78. The molecule has 6 heteroatoms. The Labute approximate surface area is 138 Å². The first-order chi connectivity index (χ1) is 10.1. The van der Waals surface area contributed by atoms with Crippen molar-refractivity contribution in [3.8, 4) is 0 Å². The Balaban J connectivity index is 2.21. The van der Waals surface area contributed by atoms with Gasteiger partial charge in [0.05, 0.1) is 23.8 Å². The van der Waals surface area contributed by atoms with E-state index in [0.717, 1.165) is 26.1 Å². The first-order valence-electron chi connectivity index (χ1n) is 7.23. The fraction of sp³-hybridized carbons (Fsp3) is 0.600. The number of benzene rings is 1. The van der Waals surface area contributed by atoms with Gasteiger partial charge in [-0.05, 0) is 42.0 Å². The van der Waals surface area contributed by atoms with Gasteiger partial charge in [0.2, 0.25) is 0 Å². The lowest BCUT2D eigenvalue weighted by molar-refractivity contribution is -0.0464. The minimum absolute atomic E-state index is 0.0814. The predicted molar refractivity (Wildman–Crippen MR) is 87.4 cm³/mol. The number of nitrogens with zero attached hydrogens (tertiary/aromatic N) is 1. The molecule has 2 atom stereocenters. The second-order valence-electron chi connectivity index (χ2n) is 5.24. The predicted octanol–water partition coefficient (Wildman–Crippen LogP) is 3.61. The van der Waals surface area contributed by atoms with E-state index in [0.29, 0.717) is 16.6 Å². The average molecular weight is 380 g/mol. The number of hydrogen-bond acceptors (Lipinski definition) is 3. The molecule has 1 heterocycles. The molecule has 21 heavy (non-hydrogen) atoms. The fourth-order valence-corrected chi connectivity index (χ4v) is 3.25. The molecular weight excluding hydrogens is 359 g/mol. The van der Waals surface area contributed by atoms with E-state index >= 15 is 0 Å². The maximum Gasteiger partial charge on any atom is 0.147 e. The van der Waals surface area contributed by atoms with Gasteiger partial charge in [0.1, 0.15) is 5.82 Å². The smallest absolute Gasteiger partial charge is 0.147 e. The van der Waals surface area contributed by atoms with Crippen molar-refractivity contribution >= 4 is 27.5 Å². The third-order valence-corrected chi connectivity index (χ3v) is 5.06. The molecule has 0 radical (unpaired) electrons. The van der Waals surface area contributed by atoms with Crippen LogP contribution in [0.1, 0.15) is 24.9 Å². The molecule has 1 aromatic carbocycles. The molecule has 0 saturated carbocycles. The van der Waals surface area contributed by atoms with E-state index in [9.17, 15) is 4.39 Å². The van der Waals surface area contributed by atoms with Crippen LogP contribution in [-0.2, 0) is 4.74 Å². The Morgan fingerprint density at radius 2 is 2.33 bits per heavy atom. The summed E-state index contributed by atoms with van der Waals surface area (Å²) >= 11 is 9.25. The molecule has 2 unspecified atom stereocenters. The average Bonchev–Trinajstić information content (AvgIpc) is 2.49. The van der Waals surface area contributed by atoms with E-state index in [1.54, 1.807) is 12.1 Å². The normalized spacial score (nSPS) is 21.5. The number of ether oxygens (including phenoxy) is 1. The highest BCUT2D eigenvalue weighted by Gasteiger charge is 2.30. The molecule has 0 aromatic heterocycles. The van der Waals surface area contributed by atoms with Crippen LogP contribution >= 0.6 is 27.5 Å². The van der Waals surface area contributed by atoms with Crippen molar-refractivity contribution in [1.29, 1.82) is 0 Å². The van der Waals surface area contributed by atoms with Gasteiger partial charge in [0.15, 0.2) is 0 Å². The molecule has 1 aliphatic rings. The zero-order chi connectivity index (χ0) is 15.4. The van der Waals surface area contributed by atoms with Gasteiger partial charge >= 0.3 is 0 Å². The van der Waals surface area contributed by atoms with Crippen molar-refractivity contribution in [2.24, 2.45) is 0 Å². The van der Waals surface area contributed by atoms with Crippen LogP contribution in [0.4, 0.5) is 4.39 Å². The van der Waals surface area contributed by atoms with Gasteiger partial charge in [-0.1, -0.05) is 24.6 Å². The molecule has 0 spiro atoms. The van der Waals surface area contributed by atoms with Crippen LogP contribution in [0.25, 0.3) is 0 Å². The molecule has 1 aromatic rings. The lowest BCUT2D eigenvalue weighted by Crippen LogP contribution is -2.48. The molecule has 0 bridgehead atoms. The third kappa shape index (κ3) is 3.96. The summed E-state index contributed by atoms with van der Waals surface area (Å²) in [6.07, 6.45) is 1.03.